The van der Waals surface area contributed by atoms with Crippen molar-refractivity contribution in [3.63, 3.8) is 0 Å². The molecule has 1 N–H and O–H groups in total. The van der Waals surface area contributed by atoms with Gasteiger partial charge in [0, 0.05) is 5.56 Å². The van der Waals surface area contributed by atoms with Crippen molar-refractivity contribution in [1.29, 1.82) is 0 Å². The Morgan fingerprint density at radius 3 is 1.93 bits per heavy atom. The van der Waals surface area contributed by atoms with Crippen molar-refractivity contribution >= 4 is 18.4 Å². The van der Waals surface area contributed by atoms with Gasteiger partial charge < -0.3 is 14.6 Å². The molecule has 1 aromatic carbocycles. The van der Waals surface area contributed by atoms with Crippen LogP contribution in [0.3, 0.4) is 0 Å². The third-order valence-electron chi connectivity index (χ3n) is 5.91. The zero-order valence-electron chi connectivity index (χ0n) is 19.9. The summed E-state index contributed by atoms with van der Waals surface area (Å²) in [5, 5.41) is 9.14. The number of aliphatic hydroxyl groups excluding tert-OH is 1. The number of thiol groups is 1. The van der Waals surface area contributed by atoms with Gasteiger partial charge >= 0.3 is 0 Å². The van der Waals surface area contributed by atoms with Crippen molar-refractivity contribution in [1.82, 2.24) is 0 Å². The first-order valence-corrected chi connectivity index (χ1v) is 10.8. The smallest absolute Gasteiger partial charge is 0.181 e. The van der Waals surface area contributed by atoms with Gasteiger partial charge in [-0.15, -0.1) is 0 Å². The highest BCUT2D eigenvalue weighted by molar-refractivity contribution is 7.82. The van der Waals surface area contributed by atoms with Crippen molar-refractivity contribution in [3.8, 4) is 12.0 Å². The number of carbonyl (C=O) groups excluding carboxylic acids is 1. The van der Waals surface area contributed by atoms with Crippen molar-refractivity contribution in [3.05, 3.63) is 35.4 Å². The summed E-state index contributed by atoms with van der Waals surface area (Å²) in [4.78, 5) is 13.3. The molecule has 0 aliphatic heterocycles. The molecule has 2 atom stereocenters. The average Bonchev–Trinajstić information content (AvgIpc) is 2.63. The van der Waals surface area contributed by atoms with Crippen LogP contribution in [0.5, 0.6) is 0 Å². The highest BCUT2D eigenvalue weighted by Crippen LogP contribution is 2.36. The van der Waals surface area contributed by atoms with Gasteiger partial charge in [0.15, 0.2) is 5.78 Å². The van der Waals surface area contributed by atoms with Gasteiger partial charge in [-0.2, -0.15) is 12.6 Å². The fourth-order valence-corrected chi connectivity index (χ4v) is 3.17. The van der Waals surface area contributed by atoms with E-state index in [4.69, 9.17) is 27.2 Å². The van der Waals surface area contributed by atoms with Gasteiger partial charge in [-0.25, -0.2) is 0 Å². The first-order valence-electron chi connectivity index (χ1n) is 10.4. The Morgan fingerprint density at radius 2 is 1.50 bits per heavy atom. The van der Waals surface area contributed by atoms with Gasteiger partial charge in [-0.3, -0.25) is 4.79 Å². The van der Waals surface area contributed by atoms with E-state index in [2.05, 4.69) is 19.8 Å². The maximum Gasteiger partial charge on any atom is 0.181 e. The second-order valence-corrected chi connectivity index (χ2v) is 10.8. The molecule has 0 heterocycles. The van der Waals surface area contributed by atoms with E-state index in [0.717, 1.165) is 5.56 Å². The zero-order valence-corrected chi connectivity index (χ0v) is 20.8. The molecular weight excluding hydrogens is 396 g/mol. The van der Waals surface area contributed by atoms with Crippen LogP contribution in [0.15, 0.2) is 24.3 Å². The van der Waals surface area contributed by atoms with Crippen molar-refractivity contribution in [2.75, 3.05) is 13.2 Å². The summed E-state index contributed by atoms with van der Waals surface area (Å²) in [5.74, 6) is 2.97. The Hall–Kier alpha value is -1.48. The Bertz CT molecular complexity index is 776. The summed E-state index contributed by atoms with van der Waals surface area (Å²) >= 11 is 4.71. The number of ether oxygens (including phenoxy) is 2. The van der Waals surface area contributed by atoms with E-state index in [0.29, 0.717) is 18.8 Å². The second kappa shape index (κ2) is 9.77. The van der Waals surface area contributed by atoms with E-state index >= 15 is 0 Å². The van der Waals surface area contributed by atoms with Gasteiger partial charge in [0.1, 0.15) is 10.9 Å². The largest absolute Gasteiger partial charge is 0.462 e. The minimum absolute atomic E-state index is 0.112. The van der Waals surface area contributed by atoms with Crippen LogP contribution in [0.1, 0.15) is 78.2 Å². The Balaban J connectivity index is 3.00. The molecule has 0 spiro atoms. The molecule has 0 saturated heterocycles. The lowest BCUT2D eigenvalue weighted by molar-refractivity contribution is -0.0855. The van der Waals surface area contributed by atoms with Crippen LogP contribution in [0.25, 0.3) is 0 Å². The number of aliphatic hydroxyl groups is 1. The first kappa shape index (κ1) is 26.6. The number of benzene rings is 1. The summed E-state index contributed by atoms with van der Waals surface area (Å²) in [6.45, 7) is 18.4. The van der Waals surface area contributed by atoms with Gasteiger partial charge in [0.25, 0.3) is 0 Å². The lowest BCUT2D eigenvalue weighted by Gasteiger charge is -2.39. The lowest BCUT2D eigenvalue weighted by atomic mass is 9.73. The van der Waals surface area contributed by atoms with Crippen molar-refractivity contribution in [2.24, 2.45) is 5.92 Å². The highest BCUT2D eigenvalue weighted by atomic mass is 32.1. The van der Waals surface area contributed by atoms with Crippen LogP contribution in [-0.2, 0) is 14.9 Å². The summed E-state index contributed by atoms with van der Waals surface area (Å²) in [5.41, 5.74) is -0.0358. The molecule has 0 saturated carbocycles. The van der Waals surface area contributed by atoms with Crippen LogP contribution in [0.4, 0.5) is 0 Å². The molecule has 1 rings (SSSR count). The number of carbonyl (C=O) groups is 1. The van der Waals surface area contributed by atoms with Crippen molar-refractivity contribution in [2.45, 2.75) is 83.7 Å². The van der Waals surface area contributed by atoms with E-state index in [9.17, 15) is 4.79 Å². The first-order chi connectivity index (χ1) is 13.6. The summed E-state index contributed by atoms with van der Waals surface area (Å²) < 4.78 is 10.7. The third-order valence-corrected chi connectivity index (χ3v) is 6.65. The monoisotopic (exact) mass is 434 g/mol. The summed E-state index contributed by atoms with van der Waals surface area (Å²) in [6.07, 6.45) is 2.05. The van der Waals surface area contributed by atoms with E-state index in [1.54, 1.807) is 19.1 Å². The average molecular weight is 435 g/mol. The molecular formula is C25H38O4S. The molecule has 0 aromatic heterocycles. The molecule has 0 amide bonds. The topological polar surface area (TPSA) is 55.8 Å². The number of hydrogen-bond donors (Lipinski definition) is 2. The summed E-state index contributed by atoms with van der Waals surface area (Å²) in [6, 6.07) is 7.38. The predicted molar refractivity (Wildman–Crippen MR) is 126 cm³/mol. The molecule has 4 nitrogen and oxygen atoms in total. The maximum atomic E-state index is 13.3. The zero-order chi connectivity index (χ0) is 23.4. The molecule has 168 valence electrons. The van der Waals surface area contributed by atoms with Crippen LogP contribution in [0.2, 0.25) is 0 Å². The van der Waals surface area contributed by atoms with Crippen molar-refractivity contribution < 1.29 is 19.4 Å². The van der Waals surface area contributed by atoms with Gasteiger partial charge in [-0.05, 0) is 65.9 Å². The van der Waals surface area contributed by atoms with Gasteiger partial charge in [0.2, 0.25) is 0 Å². The maximum absolute atomic E-state index is 13.3. The lowest BCUT2D eigenvalue weighted by Crippen LogP contribution is -2.51. The van der Waals surface area contributed by atoms with E-state index in [1.807, 2.05) is 59.8 Å². The van der Waals surface area contributed by atoms with Crippen LogP contribution in [0, 0.1) is 17.9 Å². The second-order valence-electron chi connectivity index (χ2n) is 9.89. The van der Waals surface area contributed by atoms with Crippen LogP contribution >= 0.6 is 12.6 Å². The number of rotatable bonds is 9. The molecule has 0 aliphatic carbocycles. The Labute approximate surface area is 188 Å². The highest BCUT2D eigenvalue weighted by Gasteiger charge is 2.45. The molecule has 30 heavy (non-hydrogen) atoms. The van der Waals surface area contributed by atoms with E-state index in [-0.39, 0.29) is 17.3 Å². The van der Waals surface area contributed by atoms with E-state index < -0.39 is 15.8 Å². The standard InChI is InChI=1S/C25H38O4S/c1-18(2)24(8,14-15-26)20-12-10-19(11-13-20)21(27)25(9,30)23(6,7)29-17-16-28-22(3,4)5/h10-13,18,26,30H,16-17H2,1-9H3. The van der Waals surface area contributed by atoms with E-state index in [1.165, 1.54) is 0 Å². The van der Waals surface area contributed by atoms with Crippen LogP contribution < -0.4 is 0 Å². The quantitative estimate of drug-likeness (QED) is 0.236. The molecule has 1 aromatic rings. The number of hydrogen-bond acceptors (Lipinski definition) is 5. The van der Waals surface area contributed by atoms with Gasteiger partial charge in [-0.1, -0.05) is 38.1 Å². The minimum Gasteiger partial charge on any atom is -0.462 e. The van der Waals surface area contributed by atoms with Crippen LogP contribution in [-0.4, -0.2) is 40.1 Å². The predicted octanol–water partition coefficient (Wildman–Crippen LogP) is 5.42. The molecule has 2 unspecified atom stereocenters. The molecule has 0 aliphatic rings. The van der Waals surface area contributed by atoms with Gasteiger partial charge in [0.05, 0.1) is 29.8 Å². The minimum atomic E-state index is -1.04. The normalized spacial score (nSPS) is 16.4. The number of ketones is 1. The molecule has 0 fully saturated rings. The summed E-state index contributed by atoms with van der Waals surface area (Å²) in [7, 11) is 0. The Morgan fingerprint density at radius 1 is 1.00 bits per heavy atom. The molecule has 0 bridgehead atoms. The third kappa shape index (κ3) is 6.26. The number of Topliss-reactive ketones (excluding diaryl/α,β-unsaturated/α-hetero) is 1. The Kier molecular flexibility index (Phi) is 8.64. The SMILES string of the molecule is CC(C)C(C)(C#CO)c1ccc(C(=O)C(C)(S)C(C)(C)OCCOC(C)(C)C)cc1. The fraction of sp³-hybridized carbons (Fsp3) is 0.640. The molecule has 0 radical (unpaired) electrons. The fourth-order valence-electron chi connectivity index (χ4n) is 2.97. The molecule has 5 heteroatoms.